The van der Waals surface area contributed by atoms with Crippen LogP contribution in [0.2, 0.25) is 0 Å². The molecule has 5 rings (SSSR count). The summed E-state index contributed by atoms with van der Waals surface area (Å²) in [6.07, 6.45) is -2.51. The van der Waals surface area contributed by atoms with Crippen LogP contribution in [0.1, 0.15) is 42.6 Å². The molecule has 12 heteroatoms. The molecule has 1 aliphatic heterocycles. The Morgan fingerprint density at radius 3 is 2.30 bits per heavy atom. The molecule has 1 aliphatic rings. The van der Waals surface area contributed by atoms with Crippen LogP contribution in [0.15, 0.2) is 79.0 Å². The highest BCUT2D eigenvalue weighted by Gasteiger charge is 2.50. The van der Waals surface area contributed by atoms with Gasteiger partial charge in [-0.2, -0.15) is 0 Å². The van der Waals surface area contributed by atoms with Crippen molar-refractivity contribution in [1.29, 1.82) is 0 Å². The number of nitrogens with one attached hydrogen (secondary N) is 2. The molecule has 1 aromatic heterocycles. The molecule has 0 aliphatic carbocycles. The van der Waals surface area contributed by atoms with Gasteiger partial charge in [0.2, 0.25) is 5.91 Å². The molecule has 6 atom stereocenters. The van der Waals surface area contributed by atoms with Crippen molar-refractivity contribution in [1.82, 2.24) is 15.6 Å². The molecule has 0 radical (unpaired) electrons. The molecule has 2 amide bonds. The van der Waals surface area contributed by atoms with E-state index in [9.17, 15) is 30.0 Å². The van der Waals surface area contributed by atoms with Crippen molar-refractivity contribution in [2.45, 2.75) is 69.5 Å². The maximum Gasteiger partial charge on any atom is 0.481 e. The van der Waals surface area contributed by atoms with E-state index in [-0.39, 0.29) is 25.4 Å². The Bertz CT molecular complexity index is 1660. The van der Waals surface area contributed by atoms with Crippen molar-refractivity contribution < 1.29 is 39.3 Å². The maximum atomic E-state index is 14.2. The van der Waals surface area contributed by atoms with E-state index in [4.69, 9.17) is 9.31 Å². The van der Waals surface area contributed by atoms with Crippen molar-refractivity contribution in [2.75, 3.05) is 13.2 Å². The standard InChI is InChI=1S/C35H42BN3O8/c1-21(2)18-30(36-46-32(28(42)15-17-40)33(47-36)29(43)20-41)39-35(45)27(19-24-11-5-9-22-8-3-4-13-25(22)24)38-34(44)26-14-6-10-23-12-7-16-37-31(23)26/h3-14,16,21,27-30,32-33,40-43H,15,17-20H2,1-2H3,(H,38,44)(H,39,45)/t27-,28+,29+,30-,32?,33?/m0/s1. The number of para-hydroxylation sites is 1. The van der Waals surface area contributed by atoms with E-state index in [2.05, 4.69) is 15.6 Å². The SMILES string of the molecule is CC(C)C[C@H](NC(=O)[C@H](Cc1cccc2ccccc12)NC(=O)c1cccc2cccnc12)B1OC([C@H](O)CO)C([C@H](O)CCO)O1. The summed E-state index contributed by atoms with van der Waals surface area (Å²) < 4.78 is 12.1. The van der Waals surface area contributed by atoms with Crippen molar-refractivity contribution >= 4 is 40.6 Å². The monoisotopic (exact) mass is 643 g/mol. The second-order valence-corrected chi connectivity index (χ2v) is 12.4. The highest BCUT2D eigenvalue weighted by atomic mass is 16.7. The summed E-state index contributed by atoms with van der Waals surface area (Å²) in [6.45, 7) is 2.98. The number of benzene rings is 3. The van der Waals surface area contributed by atoms with Crippen molar-refractivity contribution in [3.8, 4) is 0 Å². The van der Waals surface area contributed by atoms with E-state index in [1.54, 1.807) is 24.4 Å². The summed E-state index contributed by atoms with van der Waals surface area (Å²) >= 11 is 0. The Labute approximate surface area is 274 Å². The van der Waals surface area contributed by atoms with Gasteiger partial charge in [0.1, 0.15) is 12.1 Å². The van der Waals surface area contributed by atoms with Gasteiger partial charge >= 0.3 is 7.12 Å². The molecule has 0 spiro atoms. The number of fused-ring (bicyclic) bond motifs is 2. The van der Waals surface area contributed by atoms with E-state index >= 15 is 0 Å². The van der Waals surface area contributed by atoms with Gasteiger partial charge in [-0.3, -0.25) is 14.6 Å². The summed E-state index contributed by atoms with van der Waals surface area (Å²) in [5, 5.41) is 48.9. The normalized spacial score (nSPS) is 19.1. The van der Waals surface area contributed by atoms with Gasteiger partial charge in [-0.1, -0.05) is 74.5 Å². The predicted molar refractivity (Wildman–Crippen MR) is 178 cm³/mol. The molecule has 4 aromatic rings. The van der Waals surface area contributed by atoms with Crippen LogP contribution in [0, 0.1) is 5.92 Å². The molecular formula is C35H42BN3O8. The van der Waals surface area contributed by atoms with Gasteiger partial charge in [0.25, 0.3) is 5.91 Å². The lowest BCUT2D eigenvalue weighted by Gasteiger charge is -2.26. The first kappa shape index (κ1) is 34.4. The van der Waals surface area contributed by atoms with Gasteiger partial charge in [-0.15, -0.1) is 0 Å². The topological polar surface area (TPSA) is 170 Å². The largest absolute Gasteiger partial charge is 0.481 e. The summed E-state index contributed by atoms with van der Waals surface area (Å²) in [5.74, 6) is -1.60. The lowest BCUT2D eigenvalue weighted by molar-refractivity contribution is -0.123. The van der Waals surface area contributed by atoms with Crippen LogP contribution >= 0.6 is 0 Å². The molecule has 1 fully saturated rings. The van der Waals surface area contributed by atoms with Gasteiger partial charge in [-0.05, 0) is 47.2 Å². The number of carbonyl (C=O) groups excluding carboxylic acids is 2. The highest BCUT2D eigenvalue weighted by molar-refractivity contribution is 6.47. The zero-order valence-electron chi connectivity index (χ0n) is 26.5. The molecule has 11 nitrogen and oxygen atoms in total. The quantitative estimate of drug-likeness (QED) is 0.113. The molecule has 0 saturated carbocycles. The first-order valence-corrected chi connectivity index (χ1v) is 16.0. The molecule has 6 N–H and O–H groups in total. The van der Waals surface area contributed by atoms with E-state index < -0.39 is 61.9 Å². The number of carbonyl (C=O) groups is 2. The van der Waals surface area contributed by atoms with E-state index in [1.165, 1.54) is 0 Å². The van der Waals surface area contributed by atoms with Gasteiger partial charge in [0.15, 0.2) is 0 Å². The average molecular weight is 644 g/mol. The van der Waals surface area contributed by atoms with Gasteiger partial charge in [-0.25, -0.2) is 0 Å². The minimum absolute atomic E-state index is 0.0290. The van der Waals surface area contributed by atoms with Crippen LogP contribution in [-0.4, -0.2) is 94.0 Å². The predicted octanol–water partition coefficient (Wildman–Crippen LogP) is 2.17. The molecule has 47 heavy (non-hydrogen) atoms. The fourth-order valence-corrected chi connectivity index (χ4v) is 6.16. The first-order chi connectivity index (χ1) is 22.7. The Hall–Kier alpha value is -3.91. The highest BCUT2D eigenvalue weighted by Crippen LogP contribution is 2.28. The van der Waals surface area contributed by atoms with Gasteiger partial charge in [0, 0.05) is 24.6 Å². The van der Waals surface area contributed by atoms with Crippen molar-refractivity contribution in [3.05, 3.63) is 90.1 Å². The zero-order chi connectivity index (χ0) is 33.5. The lowest BCUT2D eigenvalue weighted by Crippen LogP contribution is -2.55. The fourth-order valence-electron chi connectivity index (χ4n) is 6.16. The molecule has 248 valence electrons. The number of pyridine rings is 1. The number of hydrogen-bond donors (Lipinski definition) is 6. The Morgan fingerprint density at radius 1 is 0.872 bits per heavy atom. The Balaban J connectivity index is 1.45. The number of aromatic nitrogens is 1. The minimum Gasteiger partial charge on any atom is -0.402 e. The third-order valence-electron chi connectivity index (χ3n) is 8.46. The van der Waals surface area contributed by atoms with Crippen LogP contribution in [0.25, 0.3) is 21.7 Å². The van der Waals surface area contributed by atoms with Crippen LogP contribution < -0.4 is 10.6 Å². The first-order valence-electron chi connectivity index (χ1n) is 16.0. The van der Waals surface area contributed by atoms with Gasteiger partial charge < -0.3 is 40.4 Å². The smallest absolute Gasteiger partial charge is 0.402 e. The Kier molecular flexibility index (Phi) is 11.6. The second-order valence-electron chi connectivity index (χ2n) is 12.4. The minimum atomic E-state index is -1.36. The molecule has 0 bridgehead atoms. The third-order valence-corrected chi connectivity index (χ3v) is 8.46. The summed E-state index contributed by atoms with van der Waals surface area (Å²) in [4.78, 5) is 32.4. The number of hydrogen-bond acceptors (Lipinski definition) is 9. The van der Waals surface area contributed by atoms with E-state index in [0.29, 0.717) is 17.5 Å². The summed E-state index contributed by atoms with van der Waals surface area (Å²) in [5.41, 5.74) is 1.72. The zero-order valence-corrected chi connectivity index (χ0v) is 26.5. The van der Waals surface area contributed by atoms with Crippen LogP contribution in [0.4, 0.5) is 0 Å². The Morgan fingerprint density at radius 2 is 1.55 bits per heavy atom. The van der Waals surface area contributed by atoms with E-state index in [1.807, 2.05) is 68.4 Å². The number of rotatable bonds is 14. The van der Waals surface area contributed by atoms with Crippen LogP contribution in [0.3, 0.4) is 0 Å². The molecule has 2 heterocycles. The number of aliphatic hydroxyl groups excluding tert-OH is 4. The van der Waals surface area contributed by atoms with E-state index in [0.717, 1.165) is 21.7 Å². The number of aliphatic hydroxyl groups is 4. The lowest BCUT2D eigenvalue weighted by atomic mass is 9.74. The molecule has 2 unspecified atom stereocenters. The molecule has 3 aromatic carbocycles. The van der Waals surface area contributed by atoms with Crippen LogP contribution in [0.5, 0.6) is 0 Å². The van der Waals surface area contributed by atoms with Crippen molar-refractivity contribution in [3.63, 3.8) is 0 Å². The number of amides is 2. The number of nitrogens with zero attached hydrogens (tertiary/aromatic N) is 1. The molecule has 1 saturated heterocycles. The fraction of sp³-hybridized carbons (Fsp3) is 0.400. The molecular weight excluding hydrogens is 601 g/mol. The summed E-state index contributed by atoms with van der Waals surface area (Å²) in [7, 11) is -1.08. The van der Waals surface area contributed by atoms with Gasteiger partial charge in [0.05, 0.1) is 41.9 Å². The average Bonchev–Trinajstić information content (AvgIpc) is 3.53. The van der Waals surface area contributed by atoms with Crippen molar-refractivity contribution in [2.24, 2.45) is 5.92 Å². The summed E-state index contributed by atoms with van der Waals surface area (Å²) in [6, 6.07) is 21.6. The van der Waals surface area contributed by atoms with Crippen LogP contribution in [-0.2, 0) is 20.5 Å². The second kappa shape index (κ2) is 15.8. The third kappa shape index (κ3) is 8.15. The maximum absolute atomic E-state index is 14.2.